The second-order valence-corrected chi connectivity index (χ2v) is 8.41. The molecular formula is C19H15BrN2O3S2. The number of carbonyl (C=O) groups is 2. The van der Waals surface area contributed by atoms with E-state index in [1.807, 2.05) is 24.3 Å². The second-order valence-electron chi connectivity index (χ2n) is 5.82. The highest BCUT2D eigenvalue weighted by molar-refractivity contribution is 9.10. The summed E-state index contributed by atoms with van der Waals surface area (Å²) in [5, 5.41) is 12.0. The van der Waals surface area contributed by atoms with Gasteiger partial charge < -0.3 is 10.4 Å². The van der Waals surface area contributed by atoms with Gasteiger partial charge in [-0.15, -0.1) is 0 Å². The third-order valence-electron chi connectivity index (χ3n) is 3.87. The molecule has 0 saturated carbocycles. The minimum absolute atomic E-state index is 0.107. The zero-order valence-electron chi connectivity index (χ0n) is 14.2. The molecule has 138 valence electrons. The van der Waals surface area contributed by atoms with Crippen LogP contribution in [0.3, 0.4) is 0 Å². The highest BCUT2D eigenvalue weighted by atomic mass is 79.9. The lowest BCUT2D eigenvalue weighted by atomic mass is 10.2. The van der Waals surface area contributed by atoms with Crippen LogP contribution in [0.4, 0.5) is 5.69 Å². The van der Waals surface area contributed by atoms with Crippen molar-refractivity contribution in [2.45, 2.75) is 13.0 Å². The Labute approximate surface area is 174 Å². The van der Waals surface area contributed by atoms with Gasteiger partial charge in [-0.05, 0) is 55.0 Å². The van der Waals surface area contributed by atoms with Crippen LogP contribution in [-0.2, 0) is 9.59 Å². The molecule has 2 aromatic carbocycles. The van der Waals surface area contributed by atoms with Crippen LogP contribution in [0, 0.1) is 0 Å². The number of hydrogen-bond donors (Lipinski definition) is 2. The first-order valence-electron chi connectivity index (χ1n) is 7.97. The number of halogens is 1. The average Bonchev–Trinajstić information content (AvgIpc) is 2.90. The summed E-state index contributed by atoms with van der Waals surface area (Å²) in [5.74, 6) is -0.547. The molecule has 0 spiro atoms. The van der Waals surface area contributed by atoms with Crippen LogP contribution in [0.2, 0.25) is 0 Å². The van der Waals surface area contributed by atoms with E-state index in [4.69, 9.17) is 12.2 Å². The molecule has 0 radical (unpaired) electrons. The van der Waals surface area contributed by atoms with Crippen molar-refractivity contribution in [2.24, 2.45) is 0 Å². The fourth-order valence-electron chi connectivity index (χ4n) is 2.47. The van der Waals surface area contributed by atoms with E-state index in [0.717, 1.165) is 10.0 Å². The average molecular weight is 463 g/mol. The molecule has 1 aliphatic rings. The molecule has 1 aliphatic heterocycles. The van der Waals surface area contributed by atoms with Gasteiger partial charge in [0.2, 0.25) is 5.91 Å². The van der Waals surface area contributed by atoms with E-state index in [1.54, 1.807) is 25.1 Å². The Bertz CT molecular complexity index is 944. The number of carbonyl (C=O) groups excluding carboxylic acids is 2. The number of phenolic OH excluding ortho intramolecular Hbond substituents is 1. The zero-order valence-corrected chi connectivity index (χ0v) is 17.4. The topological polar surface area (TPSA) is 69.6 Å². The van der Waals surface area contributed by atoms with Gasteiger partial charge in [0, 0.05) is 10.2 Å². The van der Waals surface area contributed by atoms with E-state index >= 15 is 0 Å². The van der Waals surface area contributed by atoms with Gasteiger partial charge in [-0.1, -0.05) is 52.0 Å². The van der Waals surface area contributed by atoms with E-state index in [2.05, 4.69) is 21.2 Å². The number of nitrogens with one attached hydrogen (secondary N) is 1. The standard InChI is InChI=1S/C19H15BrN2O3S2/c1-11(17(24)21-14-5-7-15(23)8-6-14)22-18(25)16(27-19(22)26)10-12-3-2-4-13(20)9-12/h2-11,23H,1H3,(H,21,24)/b16-10-. The summed E-state index contributed by atoms with van der Waals surface area (Å²) in [4.78, 5) is 27.1. The van der Waals surface area contributed by atoms with Gasteiger partial charge in [0.1, 0.15) is 16.1 Å². The fraction of sp³-hybridized carbons (Fsp3) is 0.105. The largest absolute Gasteiger partial charge is 0.508 e. The van der Waals surface area contributed by atoms with Crippen molar-refractivity contribution in [2.75, 3.05) is 5.32 Å². The van der Waals surface area contributed by atoms with Crippen LogP contribution in [0.1, 0.15) is 12.5 Å². The molecule has 2 N–H and O–H groups in total. The third-order valence-corrected chi connectivity index (χ3v) is 5.70. The monoisotopic (exact) mass is 462 g/mol. The normalized spacial score (nSPS) is 16.7. The molecule has 1 heterocycles. The number of benzene rings is 2. The van der Waals surface area contributed by atoms with E-state index in [1.165, 1.54) is 28.8 Å². The zero-order chi connectivity index (χ0) is 19.6. The van der Waals surface area contributed by atoms with E-state index < -0.39 is 6.04 Å². The highest BCUT2D eigenvalue weighted by Gasteiger charge is 2.38. The molecule has 8 heteroatoms. The summed E-state index contributed by atoms with van der Waals surface area (Å²) in [7, 11) is 0. The Hall–Kier alpha value is -2.16. The van der Waals surface area contributed by atoms with Crippen LogP contribution in [0.25, 0.3) is 6.08 Å². The number of amides is 2. The summed E-state index contributed by atoms with van der Waals surface area (Å²) in [6.45, 7) is 1.63. The third kappa shape index (κ3) is 4.58. The lowest BCUT2D eigenvalue weighted by Gasteiger charge is -2.22. The van der Waals surface area contributed by atoms with Gasteiger partial charge in [-0.25, -0.2) is 0 Å². The predicted octanol–water partition coefficient (Wildman–Crippen LogP) is 4.38. The number of phenols is 1. The molecule has 0 aromatic heterocycles. The fourth-order valence-corrected chi connectivity index (χ4v) is 4.31. The molecule has 0 bridgehead atoms. The van der Waals surface area contributed by atoms with Crippen LogP contribution >= 0.6 is 39.9 Å². The summed E-state index contributed by atoms with van der Waals surface area (Å²) in [6.07, 6.45) is 1.76. The SMILES string of the molecule is CC(C(=O)Nc1ccc(O)cc1)N1C(=O)/C(=C/c2cccc(Br)c2)SC1=S. The summed E-state index contributed by atoms with van der Waals surface area (Å²) >= 11 is 9.90. The molecule has 5 nitrogen and oxygen atoms in total. The van der Waals surface area contributed by atoms with Gasteiger partial charge >= 0.3 is 0 Å². The van der Waals surface area contributed by atoms with Crippen LogP contribution < -0.4 is 5.32 Å². The van der Waals surface area contributed by atoms with Crippen molar-refractivity contribution in [1.82, 2.24) is 4.90 Å². The molecule has 1 unspecified atom stereocenters. The maximum atomic E-state index is 12.8. The number of thiocarbonyl (C=S) groups is 1. The minimum Gasteiger partial charge on any atom is -0.508 e. The molecule has 1 saturated heterocycles. The maximum absolute atomic E-state index is 12.8. The van der Waals surface area contributed by atoms with E-state index in [-0.39, 0.29) is 17.6 Å². The highest BCUT2D eigenvalue weighted by Crippen LogP contribution is 2.34. The predicted molar refractivity (Wildman–Crippen MR) is 115 cm³/mol. The maximum Gasteiger partial charge on any atom is 0.266 e. The Morgan fingerprint density at radius 1 is 1.30 bits per heavy atom. The molecule has 27 heavy (non-hydrogen) atoms. The summed E-state index contributed by atoms with van der Waals surface area (Å²) < 4.78 is 1.25. The van der Waals surface area contributed by atoms with Crippen LogP contribution in [0.15, 0.2) is 57.9 Å². The quantitative estimate of drug-likeness (QED) is 0.400. The molecule has 2 aromatic rings. The lowest BCUT2D eigenvalue weighted by Crippen LogP contribution is -2.44. The number of aromatic hydroxyl groups is 1. The smallest absolute Gasteiger partial charge is 0.266 e. The summed E-state index contributed by atoms with van der Waals surface area (Å²) in [5.41, 5.74) is 1.39. The molecule has 2 amide bonds. The first kappa shape index (κ1) is 19.6. The van der Waals surface area contributed by atoms with Gasteiger partial charge in [0.15, 0.2) is 0 Å². The van der Waals surface area contributed by atoms with Crippen LogP contribution in [-0.4, -0.2) is 32.2 Å². The number of rotatable bonds is 4. The van der Waals surface area contributed by atoms with Crippen molar-refractivity contribution in [1.29, 1.82) is 0 Å². The van der Waals surface area contributed by atoms with Crippen molar-refractivity contribution < 1.29 is 14.7 Å². The Balaban J connectivity index is 1.75. The minimum atomic E-state index is -0.764. The number of hydrogen-bond acceptors (Lipinski definition) is 5. The first-order valence-corrected chi connectivity index (χ1v) is 9.99. The Morgan fingerprint density at radius 3 is 2.67 bits per heavy atom. The molecule has 1 atom stereocenters. The summed E-state index contributed by atoms with van der Waals surface area (Å²) in [6, 6.07) is 12.9. The Kier molecular flexibility index (Phi) is 5.98. The van der Waals surface area contributed by atoms with Crippen molar-refractivity contribution >= 4 is 67.8 Å². The van der Waals surface area contributed by atoms with Gasteiger partial charge in [0.25, 0.3) is 5.91 Å². The lowest BCUT2D eigenvalue weighted by molar-refractivity contribution is -0.129. The number of nitrogens with zero attached hydrogens (tertiary/aromatic N) is 1. The van der Waals surface area contributed by atoms with Crippen molar-refractivity contribution in [3.8, 4) is 5.75 Å². The molecule has 1 fully saturated rings. The van der Waals surface area contributed by atoms with E-state index in [9.17, 15) is 14.7 Å². The first-order chi connectivity index (χ1) is 12.8. The van der Waals surface area contributed by atoms with Gasteiger partial charge in [-0.2, -0.15) is 0 Å². The molecule has 3 rings (SSSR count). The van der Waals surface area contributed by atoms with E-state index in [0.29, 0.717) is 14.9 Å². The van der Waals surface area contributed by atoms with Crippen molar-refractivity contribution in [3.05, 3.63) is 63.5 Å². The van der Waals surface area contributed by atoms with Gasteiger partial charge in [0.05, 0.1) is 4.91 Å². The molecule has 0 aliphatic carbocycles. The van der Waals surface area contributed by atoms with Gasteiger partial charge in [-0.3, -0.25) is 14.5 Å². The second kappa shape index (κ2) is 8.24. The Morgan fingerprint density at radius 2 is 2.00 bits per heavy atom. The van der Waals surface area contributed by atoms with Crippen LogP contribution in [0.5, 0.6) is 5.75 Å². The van der Waals surface area contributed by atoms with Crippen molar-refractivity contribution in [3.63, 3.8) is 0 Å². The number of anilines is 1. The molecular weight excluding hydrogens is 448 g/mol. The number of thioether (sulfide) groups is 1.